The Labute approximate surface area is 122 Å². The quantitative estimate of drug-likeness (QED) is 0.794. The standard InChI is InChI=1S/C15H29N3O2/c1-5-7-15(8-10-16-11-9-15)14(20)18(6-2)12-13(19)17(3)4/h16H,5-12H2,1-4H3. The van der Waals surface area contributed by atoms with Crippen LogP contribution in [0.3, 0.4) is 0 Å². The summed E-state index contributed by atoms with van der Waals surface area (Å²) in [6.45, 7) is 6.65. The van der Waals surface area contributed by atoms with Crippen molar-refractivity contribution < 1.29 is 9.59 Å². The summed E-state index contributed by atoms with van der Waals surface area (Å²) in [5.74, 6) is 0.152. The van der Waals surface area contributed by atoms with Crippen molar-refractivity contribution >= 4 is 11.8 Å². The van der Waals surface area contributed by atoms with Crippen LogP contribution in [0, 0.1) is 5.41 Å². The topological polar surface area (TPSA) is 52.7 Å². The lowest BCUT2D eigenvalue weighted by atomic mass is 9.74. The Morgan fingerprint density at radius 1 is 1.15 bits per heavy atom. The van der Waals surface area contributed by atoms with E-state index in [-0.39, 0.29) is 23.8 Å². The van der Waals surface area contributed by atoms with Gasteiger partial charge in [0.05, 0.1) is 12.0 Å². The lowest BCUT2D eigenvalue weighted by molar-refractivity contribution is -0.148. The Bertz CT molecular complexity index is 331. The lowest BCUT2D eigenvalue weighted by Gasteiger charge is -2.40. The van der Waals surface area contributed by atoms with Crippen molar-refractivity contribution in [1.82, 2.24) is 15.1 Å². The van der Waals surface area contributed by atoms with E-state index in [0.717, 1.165) is 38.8 Å². The zero-order valence-electron chi connectivity index (χ0n) is 13.4. The van der Waals surface area contributed by atoms with Gasteiger partial charge in [0.25, 0.3) is 0 Å². The van der Waals surface area contributed by atoms with Crippen molar-refractivity contribution in [3.63, 3.8) is 0 Å². The van der Waals surface area contributed by atoms with Crippen LogP contribution in [0.25, 0.3) is 0 Å². The van der Waals surface area contributed by atoms with Gasteiger partial charge in [-0.2, -0.15) is 0 Å². The average molecular weight is 283 g/mol. The van der Waals surface area contributed by atoms with E-state index in [1.165, 1.54) is 0 Å². The van der Waals surface area contributed by atoms with E-state index in [1.54, 1.807) is 23.9 Å². The van der Waals surface area contributed by atoms with E-state index < -0.39 is 0 Å². The number of amides is 2. The highest BCUT2D eigenvalue weighted by Crippen LogP contribution is 2.36. The highest BCUT2D eigenvalue weighted by atomic mass is 16.2. The number of nitrogens with one attached hydrogen (secondary N) is 1. The van der Waals surface area contributed by atoms with Crippen LogP contribution in [0.5, 0.6) is 0 Å². The Morgan fingerprint density at radius 3 is 2.20 bits per heavy atom. The molecule has 0 atom stereocenters. The van der Waals surface area contributed by atoms with E-state index in [0.29, 0.717) is 6.54 Å². The molecule has 1 fully saturated rings. The Balaban J connectivity index is 2.82. The number of nitrogens with zero attached hydrogens (tertiary/aromatic N) is 2. The van der Waals surface area contributed by atoms with Crippen LogP contribution in [-0.4, -0.2) is 61.9 Å². The van der Waals surface area contributed by atoms with Crippen LogP contribution in [-0.2, 0) is 9.59 Å². The molecule has 116 valence electrons. The first-order valence-electron chi connectivity index (χ1n) is 7.67. The highest BCUT2D eigenvalue weighted by molar-refractivity contribution is 5.88. The zero-order valence-corrected chi connectivity index (χ0v) is 13.4. The van der Waals surface area contributed by atoms with Crippen molar-refractivity contribution in [2.75, 3.05) is 40.3 Å². The van der Waals surface area contributed by atoms with Gasteiger partial charge in [-0.3, -0.25) is 9.59 Å². The summed E-state index contributed by atoms with van der Waals surface area (Å²) < 4.78 is 0. The van der Waals surface area contributed by atoms with Crippen LogP contribution in [0.1, 0.15) is 39.5 Å². The number of hydrogen-bond donors (Lipinski definition) is 1. The third-order valence-electron chi connectivity index (χ3n) is 4.24. The molecule has 20 heavy (non-hydrogen) atoms. The van der Waals surface area contributed by atoms with Crippen molar-refractivity contribution in [3.05, 3.63) is 0 Å². The number of rotatable bonds is 6. The summed E-state index contributed by atoms with van der Waals surface area (Å²) in [5.41, 5.74) is -0.261. The van der Waals surface area contributed by atoms with Crippen LogP contribution in [0.2, 0.25) is 0 Å². The molecule has 0 radical (unpaired) electrons. The van der Waals surface area contributed by atoms with Gasteiger partial charge in [0, 0.05) is 20.6 Å². The van der Waals surface area contributed by atoms with Gasteiger partial charge in [-0.15, -0.1) is 0 Å². The zero-order chi connectivity index (χ0) is 15.2. The summed E-state index contributed by atoms with van der Waals surface area (Å²) in [7, 11) is 3.46. The number of carbonyl (C=O) groups excluding carboxylic acids is 2. The molecule has 0 aliphatic carbocycles. The second kappa shape index (κ2) is 7.62. The van der Waals surface area contributed by atoms with Crippen molar-refractivity contribution in [2.45, 2.75) is 39.5 Å². The SMILES string of the molecule is CCCC1(C(=O)N(CC)CC(=O)N(C)C)CCNCC1. The van der Waals surface area contributed by atoms with Gasteiger partial charge in [0.15, 0.2) is 0 Å². The van der Waals surface area contributed by atoms with Crippen molar-refractivity contribution in [3.8, 4) is 0 Å². The molecule has 1 aliphatic heterocycles. The number of likely N-dealkylation sites (N-methyl/N-ethyl adjacent to an activating group) is 2. The fourth-order valence-electron chi connectivity index (χ4n) is 2.92. The number of piperidine rings is 1. The maximum atomic E-state index is 12.9. The summed E-state index contributed by atoms with van der Waals surface area (Å²) in [6, 6.07) is 0. The van der Waals surface area contributed by atoms with E-state index in [1.807, 2.05) is 6.92 Å². The molecule has 0 aromatic rings. The predicted octanol–water partition coefficient (Wildman–Crippen LogP) is 1.09. The third-order valence-corrected chi connectivity index (χ3v) is 4.24. The first-order valence-corrected chi connectivity index (χ1v) is 7.67. The molecular formula is C15H29N3O2. The molecule has 1 heterocycles. The molecule has 0 aromatic heterocycles. The molecule has 1 aliphatic rings. The summed E-state index contributed by atoms with van der Waals surface area (Å²) in [5, 5.41) is 3.32. The third kappa shape index (κ3) is 3.95. The molecule has 2 amide bonds. The normalized spacial score (nSPS) is 17.6. The molecule has 0 unspecified atom stereocenters. The summed E-state index contributed by atoms with van der Waals surface area (Å²) >= 11 is 0. The second-order valence-electron chi connectivity index (χ2n) is 5.89. The molecule has 5 heteroatoms. The maximum Gasteiger partial charge on any atom is 0.241 e. The van der Waals surface area contributed by atoms with Crippen molar-refractivity contribution in [1.29, 1.82) is 0 Å². The molecular weight excluding hydrogens is 254 g/mol. The van der Waals surface area contributed by atoms with Crippen LogP contribution in [0.15, 0.2) is 0 Å². The molecule has 1 rings (SSSR count). The second-order valence-corrected chi connectivity index (χ2v) is 5.89. The monoisotopic (exact) mass is 283 g/mol. The van der Waals surface area contributed by atoms with Crippen LogP contribution < -0.4 is 5.32 Å². The minimum Gasteiger partial charge on any atom is -0.347 e. The lowest BCUT2D eigenvalue weighted by Crippen LogP contribution is -2.51. The molecule has 0 bridgehead atoms. The summed E-state index contributed by atoms with van der Waals surface area (Å²) in [4.78, 5) is 28.1. The molecule has 1 saturated heterocycles. The molecule has 0 saturated carbocycles. The molecule has 1 N–H and O–H groups in total. The maximum absolute atomic E-state index is 12.9. The van der Waals surface area contributed by atoms with E-state index >= 15 is 0 Å². The number of hydrogen-bond acceptors (Lipinski definition) is 3. The molecule has 5 nitrogen and oxygen atoms in total. The van der Waals surface area contributed by atoms with Gasteiger partial charge >= 0.3 is 0 Å². The molecule has 0 aromatic carbocycles. The van der Waals surface area contributed by atoms with Gasteiger partial charge in [-0.1, -0.05) is 13.3 Å². The van der Waals surface area contributed by atoms with Gasteiger partial charge in [-0.05, 0) is 39.3 Å². The van der Waals surface area contributed by atoms with E-state index in [4.69, 9.17) is 0 Å². The minimum atomic E-state index is -0.261. The highest BCUT2D eigenvalue weighted by Gasteiger charge is 2.41. The summed E-state index contributed by atoms with van der Waals surface area (Å²) in [6.07, 6.45) is 3.68. The van der Waals surface area contributed by atoms with Crippen LogP contribution in [0.4, 0.5) is 0 Å². The van der Waals surface area contributed by atoms with Crippen molar-refractivity contribution in [2.24, 2.45) is 5.41 Å². The average Bonchev–Trinajstić information content (AvgIpc) is 2.44. The largest absolute Gasteiger partial charge is 0.347 e. The number of carbonyl (C=O) groups is 2. The minimum absolute atomic E-state index is 0.0132. The van der Waals surface area contributed by atoms with Gasteiger partial charge < -0.3 is 15.1 Å². The predicted molar refractivity (Wildman–Crippen MR) is 80.4 cm³/mol. The smallest absolute Gasteiger partial charge is 0.241 e. The Hall–Kier alpha value is -1.10. The molecule has 0 spiro atoms. The van der Waals surface area contributed by atoms with E-state index in [2.05, 4.69) is 12.2 Å². The fraction of sp³-hybridized carbons (Fsp3) is 0.867. The first kappa shape index (κ1) is 17.0. The fourth-order valence-corrected chi connectivity index (χ4v) is 2.92. The van der Waals surface area contributed by atoms with Gasteiger partial charge in [0.2, 0.25) is 11.8 Å². The van der Waals surface area contributed by atoms with Crippen LogP contribution >= 0.6 is 0 Å². The Kier molecular flexibility index (Phi) is 6.46. The Morgan fingerprint density at radius 2 is 1.75 bits per heavy atom. The first-order chi connectivity index (χ1) is 9.46. The van der Waals surface area contributed by atoms with E-state index in [9.17, 15) is 9.59 Å². The van der Waals surface area contributed by atoms with Gasteiger partial charge in [0.1, 0.15) is 0 Å². The van der Waals surface area contributed by atoms with Gasteiger partial charge in [-0.25, -0.2) is 0 Å².